The Bertz CT molecular complexity index is 929. The van der Waals surface area contributed by atoms with Crippen LogP contribution in [0.15, 0.2) is 65.7 Å². The second kappa shape index (κ2) is 6.78. The molecule has 6 heteroatoms. The molecule has 144 valence electrons. The van der Waals surface area contributed by atoms with Gasteiger partial charge in [0.1, 0.15) is 11.4 Å². The molecule has 2 saturated heterocycles. The summed E-state index contributed by atoms with van der Waals surface area (Å²) in [6.45, 7) is 3.77. The van der Waals surface area contributed by atoms with Crippen molar-refractivity contribution >= 4 is 29.9 Å². The zero-order valence-electron chi connectivity index (χ0n) is 15.8. The van der Waals surface area contributed by atoms with E-state index in [4.69, 9.17) is 4.99 Å². The SMILES string of the molecule is CC1(C)S[C@H]2N(C(=O)[C@]2(Cc2ccccc2)N=Cc2ccccc2)[C@H]1C(=O)O. The lowest BCUT2D eigenvalue weighted by atomic mass is 9.80. The fraction of sp³-hybridized carbons (Fsp3) is 0.318. The van der Waals surface area contributed by atoms with Crippen LogP contribution in [0.25, 0.3) is 0 Å². The molecule has 0 unspecified atom stereocenters. The highest BCUT2D eigenvalue weighted by atomic mass is 32.2. The van der Waals surface area contributed by atoms with E-state index in [9.17, 15) is 14.7 Å². The predicted octanol–water partition coefficient (Wildman–Crippen LogP) is 3.23. The van der Waals surface area contributed by atoms with Crippen LogP contribution < -0.4 is 0 Å². The van der Waals surface area contributed by atoms with Crippen LogP contribution in [0.3, 0.4) is 0 Å². The molecule has 0 saturated carbocycles. The third-order valence-corrected chi connectivity index (χ3v) is 7.08. The minimum Gasteiger partial charge on any atom is -0.480 e. The van der Waals surface area contributed by atoms with Gasteiger partial charge in [-0.2, -0.15) is 0 Å². The van der Waals surface area contributed by atoms with E-state index in [0.717, 1.165) is 11.1 Å². The van der Waals surface area contributed by atoms with Gasteiger partial charge in [-0.05, 0) is 25.0 Å². The Morgan fingerprint density at radius 3 is 2.36 bits per heavy atom. The van der Waals surface area contributed by atoms with Gasteiger partial charge in [-0.1, -0.05) is 60.7 Å². The molecule has 1 N–H and O–H groups in total. The Labute approximate surface area is 168 Å². The van der Waals surface area contributed by atoms with Crippen molar-refractivity contribution in [1.82, 2.24) is 4.90 Å². The van der Waals surface area contributed by atoms with Gasteiger partial charge < -0.3 is 10.0 Å². The van der Waals surface area contributed by atoms with Gasteiger partial charge in [0, 0.05) is 17.4 Å². The molecule has 28 heavy (non-hydrogen) atoms. The number of hydrogen-bond donors (Lipinski definition) is 1. The number of carbonyl (C=O) groups excluding carboxylic acids is 1. The van der Waals surface area contributed by atoms with E-state index < -0.39 is 22.3 Å². The lowest BCUT2D eigenvalue weighted by Gasteiger charge is -2.50. The molecular weight excluding hydrogens is 372 g/mol. The molecule has 3 atom stereocenters. The Balaban J connectivity index is 1.74. The maximum Gasteiger partial charge on any atom is 0.327 e. The largest absolute Gasteiger partial charge is 0.480 e. The van der Waals surface area contributed by atoms with Gasteiger partial charge >= 0.3 is 5.97 Å². The van der Waals surface area contributed by atoms with E-state index in [2.05, 4.69) is 0 Å². The van der Waals surface area contributed by atoms with E-state index in [1.807, 2.05) is 74.5 Å². The minimum absolute atomic E-state index is 0.209. The Kier molecular flexibility index (Phi) is 4.54. The Morgan fingerprint density at radius 2 is 1.75 bits per heavy atom. The molecule has 2 aliphatic heterocycles. The number of carbonyl (C=O) groups is 2. The lowest BCUT2D eigenvalue weighted by Crippen LogP contribution is -2.73. The second-order valence-corrected chi connectivity index (χ2v) is 9.52. The summed E-state index contributed by atoms with van der Waals surface area (Å²) in [4.78, 5) is 31.5. The van der Waals surface area contributed by atoms with Crippen molar-refractivity contribution in [2.75, 3.05) is 0 Å². The molecule has 0 radical (unpaired) electrons. The van der Waals surface area contributed by atoms with Crippen molar-refractivity contribution in [3.8, 4) is 0 Å². The number of thioether (sulfide) groups is 1. The van der Waals surface area contributed by atoms with Crippen LogP contribution in [0.4, 0.5) is 0 Å². The van der Waals surface area contributed by atoms with E-state index in [1.165, 1.54) is 16.7 Å². The zero-order chi connectivity index (χ0) is 19.9. The maximum absolute atomic E-state index is 13.3. The molecule has 5 nitrogen and oxygen atoms in total. The molecule has 0 aromatic heterocycles. The van der Waals surface area contributed by atoms with Crippen molar-refractivity contribution in [2.24, 2.45) is 4.99 Å². The first kappa shape index (κ1) is 18.7. The van der Waals surface area contributed by atoms with E-state index in [1.54, 1.807) is 6.21 Å². The van der Waals surface area contributed by atoms with Crippen molar-refractivity contribution in [3.63, 3.8) is 0 Å². The van der Waals surface area contributed by atoms with Crippen molar-refractivity contribution in [2.45, 2.75) is 42.0 Å². The van der Waals surface area contributed by atoms with Crippen LogP contribution in [0.5, 0.6) is 0 Å². The number of nitrogens with zero attached hydrogens (tertiary/aromatic N) is 2. The Morgan fingerprint density at radius 1 is 1.14 bits per heavy atom. The van der Waals surface area contributed by atoms with E-state index in [-0.39, 0.29) is 11.3 Å². The number of aliphatic imine (C=N–C) groups is 1. The standard InChI is InChI=1S/C22H22N2O3S/c1-21(2)17(18(25)26)24-19(27)22(20(24)28-21,13-15-9-5-3-6-10-15)23-14-16-11-7-4-8-12-16/h3-12,14,17,20H,13H2,1-2H3,(H,25,26)/t17-,20+,22-/m0/s1. The molecule has 0 spiro atoms. The molecule has 1 amide bonds. The summed E-state index contributed by atoms with van der Waals surface area (Å²) < 4.78 is -0.577. The van der Waals surface area contributed by atoms with Crippen molar-refractivity contribution in [3.05, 3.63) is 71.8 Å². The number of aliphatic carboxylic acids is 1. The topological polar surface area (TPSA) is 70.0 Å². The summed E-state index contributed by atoms with van der Waals surface area (Å²) in [5, 5.41) is 9.42. The lowest BCUT2D eigenvalue weighted by molar-refractivity contribution is -0.165. The first-order chi connectivity index (χ1) is 13.3. The summed E-state index contributed by atoms with van der Waals surface area (Å²) >= 11 is 1.53. The van der Waals surface area contributed by atoms with Crippen LogP contribution in [-0.2, 0) is 16.0 Å². The molecule has 2 aromatic carbocycles. The molecule has 2 aromatic rings. The molecule has 0 aliphatic carbocycles. The summed E-state index contributed by atoms with van der Waals surface area (Å²) in [6, 6.07) is 18.6. The normalized spacial score (nSPS) is 28.2. The number of hydrogen-bond acceptors (Lipinski definition) is 4. The summed E-state index contributed by atoms with van der Waals surface area (Å²) in [6.07, 6.45) is 2.19. The van der Waals surface area contributed by atoms with Gasteiger partial charge in [0.05, 0.1) is 0 Å². The van der Waals surface area contributed by atoms with Gasteiger partial charge in [-0.15, -0.1) is 11.8 Å². The third-order valence-electron chi connectivity index (χ3n) is 5.41. The number of fused-ring (bicyclic) bond motifs is 1. The number of β-lactam (4-membered cyclic amide) rings is 1. The molecule has 2 heterocycles. The molecule has 2 aliphatic rings. The van der Waals surface area contributed by atoms with Crippen molar-refractivity contribution < 1.29 is 14.7 Å². The highest BCUT2D eigenvalue weighted by Gasteiger charge is 2.71. The summed E-state index contributed by atoms with van der Waals surface area (Å²) in [7, 11) is 0. The maximum atomic E-state index is 13.3. The number of benzene rings is 2. The molecule has 2 fully saturated rings. The third kappa shape index (κ3) is 2.92. The average molecular weight is 394 g/mol. The van der Waals surface area contributed by atoms with Gasteiger partial charge in [0.2, 0.25) is 0 Å². The Hall–Kier alpha value is -2.60. The summed E-state index contributed by atoms with van der Waals surface area (Å²) in [5.41, 5.74) is 0.944. The quantitative estimate of drug-likeness (QED) is 0.624. The molecular formula is C22H22N2O3S. The molecule has 4 rings (SSSR count). The number of carboxylic acid groups (broad SMARTS) is 1. The minimum atomic E-state index is -0.983. The van der Waals surface area contributed by atoms with Crippen LogP contribution >= 0.6 is 11.8 Å². The van der Waals surface area contributed by atoms with Crippen LogP contribution in [0, 0.1) is 0 Å². The van der Waals surface area contributed by atoms with Crippen LogP contribution in [0.2, 0.25) is 0 Å². The number of rotatable bonds is 5. The van der Waals surface area contributed by atoms with E-state index >= 15 is 0 Å². The number of amides is 1. The van der Waals surface area contributed by atoms with Gasteiger partial charge in [-0.3, -0.25) is 9.79 Å². The highest BCUT2D eigenvalue weighted by Crippen LogP contribution is 2.57. The highest BCUT2D eigenvalue weighted by molar-refractivity contribution is 8.01. The summed E-state index contributed by atoms with van der Waals surface area (Å²) in [5.74, 6) is -1.17. The zero-order valence-corrected chi connectivity index (χ0v) is 16.6. The second-order valence-electron chi connectivity index (χ2n) is 7.78. The first-order valence-electron chi connectivity index (χ1n) is 9.23. The fourth-order valence-corrected chi connectivity index (χ4v) is 5.76. The van der Waals surface area contributed by atoms with Crippen molar-refractivity contribution in [1.29, 1.82) is 0 Å². The van der Waals surface area contributed by atoms with Crippen LogP contribution in [-0.4, -0.2) is 49.8 Å². The van der Waals surface area contributed by atoms with E-state index in [0.29, 0.717) is 6.42 Å². The number of carboxylic acids is 1. The average Bonchev–Trinajstić information content (AvgIpc) is 2.96. The fourth-order valence-electron chi connectivity index (χ4n) is 4.07. The van der Waals surface area contributed by atoms with Gasteiger partial charge in [0.15, 0.2) is 5.54 Å². The smallest absolute Gasteiger partial charge is 0.327 e. The first-order valence-corrected chi connectivity index (χ1v) is 10.1. The van der Waals surface area contributed by atoms with Crippen LogP contribution in [0.1, 0.15) is 25.0 Å². The molecule has 0 bridgehead atoms. The monoisotopic (exact) mass is 394 g/mol. The predicted molar refractivity (Wildman–Crippen MR) is 111 cm³/mol. The van der Waals surface area contributed by atoms with Gasteiger partial charge in [-0.25, -0.2) is 4.79 Å². The van der Waals surface area contributed by atoms with Gasteiger partial charge in [0.25, 0.3) is 5.91 Å².